The molecule has 0 aliphatic carbocycles. The van der Waals surface area contributed by atoms with Gasteiger partial charge in [0.25, 0.3) is 0 Å². The zero-order chi connectivity index (χ0) is 13.4. The number of azide groups is 1. The topological polar surface area (TPSA) is 95.7 Å². The Bertz CT molecular complexity index is 443. The van der Waals surface area contributed by atoms with Crippen LogP contribution in [0.3, 0.4) is 0 Å². The van der Waals surface area contributed by atoms with E-state index in [0.717, 1.165) is 17.1 Å². The predicted octanol–water partition coefficient (Wildman–Crippen LogP) is 3.73. The van der Waals surface area contributed by atoms with Crippen LogP contribution in [0.1, 0.15) is 13.3 Å². The van der Waals surface area contributed by atoms with Crippen molar-refractivity contribution in [3.05, 3.63) is 34.7 Å². The van der Waals surface area contributed by atoms with Gasteiger partial charge in [0.05, 0.1) is 0 Å². The third-order valence-electron chi connectivity index (χ3n) is 2.23. The molecule has 0 aliphatic rings. The lowest BCUT2D eigenvalue weighted by Crippen LogP contribution is -2.24. The number of hydrogen-bond acceptors (Lipinski definition) is 5. The van der Waals surface area contributed by atoms with Gasteiger partial charge >= 0.3 is 0 Å². The largest absolute Gasteiger partial charge is 0.862 e. The molecule has 0 bridgehead atoms. The van der Waals surface area contributed by atoms with Gasteiger partial charge in [-0.25, -0.2) is 0 Å². The molecule has 0 radical (unpaired) electrons. The first-order chi connectivity index (χ1) is 8.63. The molecule has 0 heterocycles. The fraction of sp³-hybridized carbons (Fsp3) is 0.364. The van der Waals surface area contributed by atoms with E-state index >= 15 is 0 Å². The van der Waals surface area contributed by atoms with Crippen molar-refractivity contribution in [2.75, 3.05) is 5.75 Å². The van der Waals surface area contributed by atoms with E-state index in [1.807, 2.05) is 12.1 Å². The highest BCUT2D eigenvalue weighted by Crippen LogP contribution is 2.33. The van der Waals surface area contributed by atoms with Crippen LogP contribution in [0.5, 0.6) is 0 Å². The molecular weight excluding hydrogens is 268 g/mol. The minimum atomic E-state index is -0.501. The lowest BCUT2D eigenvalue weighted by atomic mass is 10.1. The van der Waals surface area contributed by atoms with Crippen molar-refractivity contribution in [1.29, 1.82) is 5.41 Å². The smallest absolute Gasteiger partial charge is 0.0376 e. The summed E-state index contributed by atoms with van der Waals surface area (Å²) in [5, 5.41) is 21.2. The van der Waals surface area contributed by atoms with Gasteiger partial charge in [-0.05, 0) is 35.9 Å². The van der Waals surface area contributed by atoms with E-state index in [4.69, 9.17) is 10.9 Å². The molecule has 1 unspecified atom stereocenters. The molecule has 0 saturated carbocycles. The Labute approximate surface area is 114 Å². The Kier molecular flexibility index (Phi) is 6.49. The van der Waals surface area contributed by atoms with Gasteiger partial charge in [-0.1, -0.05) is 45.8 Å². The molecule has 1 aromatic rings. The molecule has 1 N–H and O–H groups in total. The summed E-state index contributed by atoms with van der Waals surface area (Å²) < 4.78 is 0. The fourth-order valence-electron chi connectivity index (χ4n) is 1.09. The molecule has 1 aromatic carbocycles. The quantitative estimate of drug-likeness (QED) is 0.157. The summed E-state index contributed by atoms with van der Waals surface area (Å²) >= 11 is 0. The first-order valence-electron chi connectivity index (χ1n) is 5.33. The molecule has 0 aliphatic heterocycles. The van der Waals surface area contributed by atoms with E-state index in [0.29, 0.717) is 5.69 Å². The second kappa shape index (κ2) is 7.92. The molecular formula is C11H13N4OS2-. The molecule has 0 spiro atoms. The molecule has 1 rings (SSSR count). The Morgan fingerprint density at radius 2 is 2.17 bits per heavy atom. The van der Waals surface area contributed by atoms with Crippen molar-refractivity contribution >= 4 is 33.2 Å². The Morgan fingerprint density at radius 3 is 2.72 bits per heavy atom. The van der Waals surface area contributed by atoms with Crippen molar-refractivity contribution in [3.8, 4) is 0 Å². The van der Waals surface area contributed by atoms with E-state index in [-0.39, 0.29) is 5.92 Å². The van der Waals surface area contributed by atoms with Gasteiger partial charge in [0.2, 0.25) is 0 Å². The maximum absolute atomic E-state index is 10.7. The number of hydrogen-bond donors (Lipinski definition) is 1. The number of nitrogens with one attached hydrogen (secondary N) is 1. The van der Waals surface area contributed by atoms with E-state index in [1.54, 1.807) is 40.6 Å². The number of nitrogens with zero attached hydrogens (tertiary/aromatic N) is 3. The van der Waals surface area contributed by atoms with Crippen molar-refractivity contribution in [2.24, 2.45) is 11.0 Å². The van der Waals surface area contributed by atoms with Crippen LogP contribution in [-0.2, 0) is 0 Å². The third-order valence-corrected chi connectivity index (χ3v) is 4.65. The maximum atomic E-state index is 10.7. The summed E-state index contributed by atoms with van der Waals surface area (Å²) in [6.45, 7) is 1.77. The second-order valence-corrected chi connectivity index (χ2v) is 6.13. The van der Waals surface area contributed by atoms with Crippen LogP contribution < -0.4 is 5.11 Å². The van der Waals surface area contributed by atoms with E-state index in [2.05, 4.69) is 10.0 Å². The molecule has 0 aromatic heterocycles. The monoisotopic (exact) mass is 281 g/mol. The SMILES string of the molecule is CC(CCSSc1ccc(N=[N+]=[N-])cc1)C(=N)[O-]. The molecule has 0 fully saturated rings. The van der Waals surface area contributed by atoms with Crippen molar-refractivity contribution < 1.29 is 5.11 Å². The van der Waals surface area contributed by atoms with E-state index in [9.17, 15) is 5.11 Å². The fourth-order valence-corrected chi connectivity index (χ4v) is 3.28. The summed E-state index contributed by atoms with van der Waals surface area (Å²) in [6.07, 6.45) is 0.719. The van der Waals surface area contributed by atoms with Crippen molar-refractivity contribution in [3.63, 3.8) is 0 Å². The third kappa shape index (κ3) is 5.35. The predicted molar refractivity (Wildman–Crippen MR) is 75.1 cm³/mol. The van der Waals surface area contributed by atoms with Crippen molar-refractivity contribution in [2.45, 2.75) is 18.2 Å². The molecule has 0 saturated heterocycles. The minimum absolute atomic E-state index is 0.189. The number of benzene rings is 1. The normalized spacial score (nSPS) is 11.6. The summed E-state index contributed by atoms with van der Waals surface area (Å²) in [6, 6.07) is 7.30. The average molecular weight is 281 g/mol. The van der Waals surface area contributed by atoms with Crippen molar-refractivity contribution in [1.82, 2.24) is 0 Å². The first kappa shape index (κ1) is 14.8. The summed E-state index contributed by atoms with van der Waals surface area (Å²) in [7, 11) is 3.26. The highest BCUT2D eigenvalue weighted by Gasteiger charge is 2.01. The van der Waals surface area contributed by atoms with Crippen LogP contribution in [0.2, 0.25) is 0 Å². The maximum Gasteiger partial charge on any atom is 0.0376 e. The standard InChI is InChI=1S/C11H14N4OS2/c1-8(11(12)16)6-7-17-18-10-4-2-9(3-5-10)14-15-13/h2-5,8H,6-7H2,1H3,(H2,12,16)/p-1. The summed E-state index contributed by atoms with van der Waals surface area (Å²) in [5.41, 5.74) is 8.86. The van der Waals surface area contributed by atoms with Crippen LogP contribution in [0.15, 0.2) is 34.3 Å². The van der Waals surface area contributed by atoms with Crippen LogP contribution in [0, 0.1) is 11.3 Å². The van der Waals surface area contributed by atoms with Gasteiger partial charge in [0, 0.05) is 21.2 Å². The van der Waals surface area contributed by atoms with Crippen LogP contribution in [-0.4, -0.2) is 11.7 Å². The van der Waals surface area contributed by atoms with Gasteiger partial charge in [0.15, 0.2) is 0 Å². The molecule has 96 valence electrons. The summed E-state index contributed by atoms with van der Waals surface area (Å²) in [5.74, 6) is 0.138. The van der Waals surface area contributed by atoms with Gasteiger partial charge < -0.3 is 10.5 Å². The van der Waals surface area contributed by atoms with Gasteiger partial charge in [-0.15, -0.1) is 0 Å². The van der Waals surface area contributed by atoms with E-state index < -0.39 is 5.90 Å². The Balaban J connectivity index is 2.31. The molecule has 0 amide bonds. The Hall–Kier alpha value is -1.30. The lowest BCUT2D eigenvalue weighted by Gasteiger charge is -2.15. The van der Waals surface area contributed by atoms with Crippen LogP contribution >= 0.6 is 21.6 Å². The van der Waals surface area contributed by atoms with E-state index in [1.165, 1.54) is 0 Å². The van der Waals surface area contributed by atoms with Gasteiger partial charge in [0.1, 0.15) is 0 Å². The van der Waals surface area contributed by atoms with Gasteiger partial charge in [-0.2, -0.15) is 0 Å². The Morgan fingerprint density at radius 1 is 1.50 bits per heavy atom. The zero-order valence-electron chi connectivity index (χ0n) is 9.87. The lowest BCUT2D eigenvalue weighted by molar-refractivity contribution is -0.225. The molecule has 1 atom stereocenters. The highest BCUT2D eigenvalue weighted by atomic mass is 33.1. The molecule has 5 nitrogen and oxygen atoms in total. The highest BCUT2D eigenvalue weighted by molar-refractivity contribution is 8.76. The number of rotatable bonds is 7. The average Bonchev–Trinajstić information content (AvgIpc) is 2.36. The molecule has 7 heteroatoms. The molecule has 18 heavy (non-hydrogen) atoms. The van der Waals surface area contributed by atoms with Gasteiger partial charge in [-0.3, -0.25) is 0 Å². The minimum Gasteiger partial charge on any atom is -0.862 e. The van der Waals surface area contributed by atoms with Crippen LogP contribution in [0.25, 0.3) is 10.4 Å². The zero-order valence-corrected chi connectivity index (χ0v) is 11.5. The first-order valence-corrected chi connectivity index (χ1v) is 7.65. The van der Waals surface area contributed by atoms with Crippen LogP contribution in [0.4, 0.5) is 5.69 Å². The summed E-state index contributed by atoms with van der Waals surface area (Å²) in [4.78, 5) is 3.78. The second-order valence-electron chi connectivity index (χ2n) is 3.64.